The van der Waals surface area contributed by atoms with Crippen molar-refractivity contribution in [3.8, 4) is 17.3 Å². The number of non-ortho nitro benzene ring substituents is 1. The number of hydrogen-bond donors (Lipinski definition) is 0. The van der Waals surface area contributed by atoms with Gasteiger partial charge in [-0.25, -0.2) is 0 Å². The van der Waals surface area contributed by atoms with Gasteiger partial charge in [0.25, 0.3) is 5.69 Å². The Hall–Kier alpha value is -2.88. The van der Waals surface area contributed by atoms with Gasteiger partial charge in [0.1, 0.15) is 5.56 Å². The molecule has 3 aromatic rings. The number of aromatic nitrogens is 5. The van der Waals surface area contributed by atoms with Gasteiger partial charge in [0.15, 0.2) is 11.0 Å². The minimum absolute atomic E-state index is 0.0872. The van der Waals surface area contributed by atoms with Crippen molar-refractivity contribution in [2.24, 2.45) is 0 Å². The number of nitro groups is 1. The zero-order valence-electron chi connectivity index (χ0n) is 16.0. The van der Waals surface area contributed by atoms with Gasteiger partial charge < -0.3 is 9.30 Å². The summed E-state index contributed by atoms with van der Waals surface area (Å²) in [6, 6.07) is 6.55. The maximum Gasteiger partial charge on any atom is 0.269 e. The van der Waals surface area contributed by atoms with Crippen LogP contribution in [0.2, 0.25) is 0 Å². The highest BCUT2D eigenvalue weighted by atomic mass is 32.2. The Balaban J connectivity index is 1.82. The molecule has 0 radical (unpaired) electrons. The van der Waals surface area contributed by atoms with E-state index in [1.807, 2.05) is 36.2 Å². The fourth-order valence-corrected chi connectivity index (χ4v) is 3.66. The topological polar surface area (TPSA) is 101 Å². The minimum atomic E-state index is -0.399. The molecule has 0 saturated heterocycles. The van der Waals surface area contributed by atoms with Gasteiger partial charge in [-0.1, -0.05) is 23.9 Å². The molecule has 3 rings (SSSR count). The van der Waals surface area contributed by atoms with Crippen LogP contribution in [0.15, 0.2) is 35.6 Å². The van der Waals surface area contributed by atoms with Crippen molar-refractivity contribution >= 4 is 17.4 Å². The largest absolute Gasteiger partial charge is 0.476 e. The number of benzene rings is 1. The van der Waals surface area contributed by atoms with Gasteiger partial charge in [-0.05, 0) is 26.3 Å². The van der Waals surface area contributed by atoms with Crippen LogP contribution in [0.3, 0.4) is 0 Å². The molecule has 0 bridgehead atoms. The maximum atomic E-state index is 10.8. The van der Waals surface area contributed by atoms with Crippen molar-refractivity contribution in [1.82, 2.24) is 24.5 Å². The minimum Gasteiger partial charge on any atom is -0.476 e. The summed E-state index contributed by atoms with van der Waals surface area (Å²) in [6.45, 7) is 7.94. The summed E-state index contributed by atoms with van der Waals surface area (Å²) in [5.74, 6) is 1.91. The second kappa shape index (κ2) is 8.87. The summed E-state index contributed by atoms with van der Waals surface area (Å²) in [7, 11) is 0. The molecule has 2 aromatic heterocycles. The van der Waals surface area contributed by atoms with E-state index in [1.165, 1.54) is 23.9 Å². The molecular weight excluding hydrogens is 380 g/mol. The summed E-state index contributed by atoms with van der Waals surface area (Å²) in [6.07, 6.45) is 1.92. The van der Waals surface area contributed by atoms with Crippen molar-refractivity contribution in [2.75, 3.05) is 6.61 Å². The predicted octanol–water partition coefficient (Wildman–Crippen LogP) is 3.78. The molecule has 0 amide bonds. The Morgan fingerprint density at radius 1 is 1.14 bits per heavy atom. The van der Waals surface area contributed by atoms with E-state index >= 15 is 0 Å². The van der Waals surface area contributed by atoms with Crippen LogP contribution in [0.4, 0.5) is 5.69 Å². The van der Waals surface area contributed by atoms with Gasteiger partial charge in [0.2, 0.25) is 5.88 Å². The summed E-state index contributed by atoms with van der Waals surface area (Å²) in [5.41, 5.74) is 1.89. The Morgan fingerprint density at radius 2 is 1.89 bits per heavy atom. The second-order valence-corrected chi connectivity index (χ2v) is 6.84. The lowest BCUT2D eigenvalue weighted by molar-refractivity contribution is -0.384. The zero-order valence-corrected chi connectivity index (χ0v) is 16.8. The lowest BCUT2D eigenvalue weighted by atomic mass is 10.2. The second-order valence-electron chi connectivity index (χ2n) is 5.90. The summed E-state index contributed by atoms with van der Waals surface area (Å²) >= 11 is 1.54. The summed E-state index contributed by atoms with van der Waals surface area (Å²) in [4.78, 5) is 10.4. The van der Waals surface area contributed by atoms with E-state index < -0.39 is 4.92 Å². The van der Waals surface area contributed by atoms with Crippen LogP contribution >= 0.6 is 11.8 Å². The number of aryl methyl sites for hydroxylation is 1. The molecule has 28 heavy (non-hydrogen) atoms. The first-order valence-corrected chi connectivity index (χ1v) is 10.1. The van der Waals surface area contributed by atoms with E-state index in [9.17, 15) is 10.1 Å². The number of ether oxygens (including phenoxy) is 1. The van der Waals surface area contributed by atoms with Crippen LogP contribution < -0.4 is 4.74 Å². The quantitative estimate of drug-likeness (QED) is 0.305. The molecule has 0 aliphatic carbocycles. The molecule has 0 aliphatic rings. The lowest BCUT2D eigenvalue weighted by Crippen LogP contribution is -2.01. The molecule has 0 spiro atoms. The Bertz CT molecular complexity index is 951. The molecule has 0 saturated carbocycles. The fraction of sp³-hybridized carbons (Fsp3) is 0.389. The van der Waals surface area contributed by atoms with Crippen molar-refractivity contribution < 1.29 is 9.66 Å². The van der Waals surface area contributed by atoms with E-state index in [0.717, 1.165) is 28.7 Å². The van der Waals surface area contributed by atoms with E-state index in [-0.39, 0.29) is 5.69 Å². The van der Waals surface area contributed by atoms with Gasteiger partial charge in [-0.15, -0.1) is 15.3 Å². The SMILES string of the molecule is CCOc1nn(CC)cc1-c1nnc(SCc2ccc([N+](=O)[O-])cc2)n1CC. The molecular formula is C18H22N6O3S. The van der Waals surface area contributed by atoms with Crippen LogP contribution in [-0.2, 0) is 18.8 Å². The summed E-state index contributed by atoms with van der Waals surface area (Å²) < 4.78 is 9.51. The van der Waals surface area contributed by atoms with Crippen molar-refractivity contribution in [2.45, 2.75) is 44.8 Å². The summed E-state index contributed by atoms with van der Waals surface area (Å²) in [5, 5.41) is 24.7. The van der Waals surface area contributed by atoms with Gasteiger partial charge in [0.05, 0.1) is 11.5 Å². The first kappa shape index (κ1) is 19.9. The third-order valence-electron chi connectivity index (χ3n) is 4.12. The van der Waals surface area contributed by atoms with E-state index in [1.54, 1.807) is 12.1 Å². The smallest absolute Gasteiger partial charge is 0.269 e. The predicted molar refractivity (Wildman–Crippen MR) is 106 cm³/mol. The third kappa shape index (κ3) is 4.16. The lowest BCUT2D eigenvalue weighted by Gasteiger charge is -2.07. The van der Waals surface area contributed by atoms with Crippen LogP contribution in [-0.4, -0.2) is 36.1 Å². The van der Waals surface area contributed by atoms with E-state index in [2.05, 4.69) is 15.3 Å². The van der Waals surface area contributed by atoms with Crippen molar-refractivity contribution in [1.29, 1.82) is 0 Å². The number of rotatable bonds is 9. The van der Waals surface area contributed by atoms with Gasteiger partial charge in [0, 0.05) is 37.2 Å². The molecule has 0 unspecified atom stereocenters. The first-order chi connectivity index (χ1) is 13.6. The molecule has 0 fully saturated rings. The fourth-order valence-electron chi connectivity index (χ4n) is 2.70. The van der Waals surface area contributed by atoms with Crippen molar-refractivity contribution in [3.63, 3.8) is 0 Å². The van der Waals surface area contributed by atoms with Crippen LogP contribution in [0.25, 0.3) is 11.4 Å². The first-order valence-electron chi connectivity index (χ1n) is 9.07. The molecule has 0 aliphatic heterocycles. The zero-order chi connectivity index (χ0) is 20.1. The number of hydrogen-bond acceptors (Lipinski definition) is 7. The molecule has 9 nitrogen and oxygen atoms in total. The third-order valence-corrected chi connectivity index (χ3v) is 5.16. The molecule has 1 aromatic carbocycles. The van der Waals surface area contributed by atoms with Crippen LogP contribution in [0.1, 0.15) is 26.3 Å². The van der Waals surface area contributed by atoms with Crippen LogP contribution in [0, 0.1) is 10.1 Å². The normalized spacial score (nSPS) is 11.0. The average Bonchev–Trinajstić information content (AvgIpc) is 3.30. The van der Waals surface area contributed by atoms with E-state index in [4.69, 9.17) is 4.74 Å². The van der Waals surface area contributed by atoms with Gasteiger partial charge in [-0.3, -0.25) is 14.8 Å². The standard InChI is InChI=1S/C18H22N6O3S/c1-4-22-11-15(17(21-22)27-6-3)16-19-20-18(23(16)5-2)28-12-13-7-9-14(10-8-13)24(25)26/h7-11H,4-6,12H2,1-3H3. The number of nitro benzene ring substituents is 1. The van der Waals surface area contributed by atoms with Crippen LogP contribution in [0.5, 0.6) is 5.88 Å². The van der Waals surface area contributed by atoms with Gasteiger partial charge >= 0.3 is 0 Å². The highest BCUT2D eigenvalue weighted by Gasteiger charge is 2.20. The Morgan fingerprint density at radius 3 is 2.50 bits per heavy atom. The average molecular weight is 402 g/mol. The molecule has 148 valence electrons. The van der Waals surface area contributed by atoms with Crippen molar-refractivity contribution in [3.05, 3.63) is 46.1 Å². The van der Waals surface area contributed by atoms with E-state index in [0.29, 0.717) is 24.8 Å². The molecule has 0 N–H and O–H groups in total. The molecule has 2 heterocycles. The maximum absolute atomic E-state index is 10.8. The Kier molecular flexibility index (Phi) is 6.30. The number of thioether (sulfide) groups is 1. The van der Waals surface area contributed by atoms with Gasteiger partial charge in [-0.2, -0.15) is 0 Å². The highest BCUT2D eigenvalue weighted by molar-refractivity contribution is 7.98. The molecule has 0 atom stereocenters. The monoisotopic (exact) mass is 402 g/mol. The molecule has 10 heteroatoms. The number of nitrogens with zero attached hydrogens (tertiary/aromatic N) is 6. The highest BCUT2D eigenvalue weighted by Crippen LogP contribution is 2.31. The Labute approximate surface area is 166 Å².